The van der Waals surface area contributed by atoms with E-state index in [1.165, 1.54) is 12.1 Å². The van der Waals surface area contributed by atoms with Gasteiger partial charge in [-0.25, -0.2) is 0 Å². The Morgan fingerprint density at radius 2 is 1.50 bits per heavy atom. The molecule has 0 aromatic heterocycles. The molecule has 3 amide bonds. The Kier molecular flexibility index (Phi) is 15.3. The van der Waals surface area contributed by atoms with Crippen molar-refractivity contribution in [3.05, 3.63) is 65.7 Å². The van der Waals surface area contributed by atoms with E-state index in [0.29, 0.717) is 5.56 Å². The molecule has 0 heterocycles. The van der Waals surface area contributed by atoms with Crippen molar-refractivity contribution < 1.29 is 50.5 Å². The summed E-state index contributed by atoms with van der Waals surface area (Å²) < 4.78 is 0. The van der Waals surface area contributed by atoms with Crippen LogP contribution in [-0.4, -0.2) is 54.0 Å². The van der Waals surface area contributed by atoms with Crippen LogP contribution in [0.25, 0.3) is 0 Å². The first-order chi connectivity index (χ1) is 16.2. The second-order valence-corrected chi connectivity index (χ2v) is 7.91. The molecule has 6 N–H and O–H groups in total. The van der Waals surface area contributed by atoms with Crippen LogP contribution in [0.4, 0.5) is 0 Å². The van der Waals surface area contributed by atoms with Crippen LogP contribution in [0.3, 0.4) is 0 Å². The molecule has 11 nitrogen and oxygen atoms in total. The van der Waals surface area contributed by atoms with Crippen LogP contribution in [0.1, 0.15) is 11.1 Å². The molecule has 0 aliphatic carbocycles. The van der Waals surface area contributed by atoms with E-state index in [1.54, 1.807) is 42.5 Å². The molecule has 2 aromatic rings. The summed E-state index contributed by atoms with van der Waals surface area (Å²) in [7, 11) is 0. The Bertz CT molecular complexity index is 996. The fourth-order valence-corrected chi connectivity index (χ4v) is 3.27. The largest absolute Gasteiger partial charge is 2.00 e. The number of amides is 3. The quantitative estimate of drug-likeness (QED) is 0.0937. The molecular formula is C23H26N5O6ReS-5. The Balaban J connectivity index is 0.00000612. The van der Waals surface area contributed by atoms with E-state index < -0.39 is 48.3 Å². The maximum absolute atomic E-state index is 12.7. The Labute approximate surface area is 228 Å². The Morgan fingerprint density at radius 1 is 0.917 bits per heavy atom. The molecule has 3 atom stereocenters. The topological polar surface area (TPSA) is 212 Å². The molecule has 0 fully saturated rings. The number of hydrogen-bond donors (Lipinski definition) is 5. The summed E-state index contributed by atoms with van der Waals surface area (Å²) in [6, 6.07) is 11.6. The smallest absolute Gasteiger partial charge is 0.243 e. The van der Waals surface area contributed by atoms with Crippen LogP contribution in [0, 0.1) is 5.41 Å². The summed E-state index contributed by atoms with van der Waals surface area (Å²) >= 11 is 4.80. The first-order valence-electron chi connectivity index (χ1n) is 10.5. The van der Waals surface area contributed by atoms with Crippen molar-refractivity contribution in [1.29, 1.82) is 5.41 Å². The van der Waals surface area contributed by atoms with Gasteiger partial charge in [-0.05, 0) is 23.4 Å². The second-order valence-electron chi connectivity index (χ2n) is 7.57. The minimum absolute atomic E-state index is 0. The van der Waals surface area contributed by atoms with Crippen LogP contribution >= 0.6 is 0 Å². The molecule has 0 saturated carbocycles. The van der Waals surface area contributed by atoms with E-state index in [0.717, 1.165) is 5.56 Å². The first-order valence-corrected chi connectivity index (χ1v) is 11.0. The number of nitrogens with two attached hydrogens (primary N) is 1. The average Bonchev–Trinajstić information content (AvgIpc) is 2.82. The van der Waals surface area contributed by atoms with E-state index in [1.807, 2.05) is 0 Å². The van der Waals surface area contributed by atoms with Crippen molar-refractivity contribution >= 4 is 36.2 Å². The van der Waals surface area contributed by atoms with Gasteiger partial charge in [-0.1, -0.05) is 54.6 Å². The van der Waals surface area contributed by atoms with Crippen molar-refractivity contribution in [2.75, 3.05) is 12.3 Å². The molecule has 0 bridgehead atoms. The van der Waals surface area contributed by atoms with Gasteiger partial charge in [-0.15, -0.1) is 5.75 Å². The fraction of sp³-hybridized carbons (Fsp3) is 0.304. The molecule has 2 aromatic carbocycles. The third-order valence-electron chi connectivity index (χ3n) is 4.87. The zero-order chi connectivity index (χ0) is 25.1. The van der Waals surface area contributed by atoms with E-state index in [9.17, 15) is 24.6 Å². The Morgan fingerprint density at radius 3 is 2.06 bits per heavy atom. The number of benzene rings is 2. The first kappa shape index (κ1) is 33.1. The van der Waals surface area contributed by atoms with E-state index in [2.05, 4.69) is 16.0 Å². The average molecular weight is 687 g/mol. The molecule has 36 heavy (non-hydrogen) atoms. The standard InChI is InChI=1S/C23H29N5O5S.O.Re/c24-17(10-15-6-8-16(29)9-7-15)22(32)26-12-20(30)27-18(11-14-4-2-1-3-5-14)23(33)28-19(13-34)21(25)31;;/h1-9,17-19,29,34H,10-13,24H2,(H2,25,31)(H,26,32)(H,27,30)(H,28,33);;/q;-2;/p-3/t17-,18+,19-;;/m0../s1. The summed E-state index contributed by atoms with van der Waals surface area (Å²) in [4.78, 5) is 37.4. The minimum atomic E-state index is -1.16. The third kappa shape index (κ3) is 11.2. The van der Waals surface area contributed by atoms with Gasteiger partial charge in [0.05, 0.1) is 12.6 Å². The van der Waals surface area contributed by atoms with Gasteiger partial charge in [0, 0.05) is 32.9 Å². The summed E-state index contributed by atoms with van der Waals surface area (Å²) in [5, 5.41) is 37.0. The third-order valence-corrected chi connectivity index (χ3v) is 5.21. The Hall–Kier alpha value is -2.95. The molecule has 0 aliphatic heterocycles. The SMILES string of the molecule is N=C([O-])[C@H](C[S-])NC(=O)[C@@H](Cc1ccccc1)NC(=O)CNC(=O)[C@@H](N)Cc1ccc([O-])cc1.[O-2].[Re]. The maximum Gasteiger partial charge on any atom is 0.243 e. The van der Waals surface area contributed by atoms with Gasteiger partial charge < -0.3 is 55.4 Å². The van der Waals surface area contributed by atoms with Gasteiger partial charge in [0.25, 0.3) is 0 Å². The predicted octanol–water partition coefficient (Wildman–Crippen LogP) is -2.28. The van der Waals surface area contributed by atoms with E-state index >= 15 is 0 Å². The molecule has 0 unspecified atom stereocenters. The zero-order valence-electron chi connectivity index (χ0n) is 19.1. The molecular weight excluding hydrogens is 661 g/mol. The van der Waals surface area contributed by atoms with Gasteiger partial charge in [-0.3, -0.25) is 14.4 Å². The minimum Gasteiger partial charge on any atom is -2.00 e. The van der Waals surface area contributed by atoms with Crippen molar-refractivity contribution in [2.24, 2.45) is 5.73 Å². The number of carbonyl (C=O) groups excluding carboxylic acids is 3. The number of carbonyl (C=O) groups is 3. The van der Waals surface area contributed by atoms with E-state index in [-0.39, 0.29) is 50.2 Å². The molecule has 13 heteroatoms. The van der Waals surface area contributed by atoms with Gasteiger partial charge in [-0.2, -0.15) is 5.75 Å². The molecule has 2 rings (SSSR count). The van der Waals surface area contributed by atoms with Crippen molar-refractivity contribution in [1.82, 2.24) is 16.0 Å². The zero-order valence-corrected chi connectivity index (χ0v) is 22.6. The van der Waals surface area contributed by atoms with Gasteiger partial charge in [0.15, 0.2) is 0 Å². The van der Waals surface area contributed by atoms with Gasteiger partial charge >= 0.3 is 0 Å². The summed E-state index contributed by atoms with van der Waals surface area (Å²) in [5.41, 5.74) is 7.33. The molecule has 197 valence electrons. The normalized spacial score (nSPS) is 12.5. The van der Waals surface area contributed by atoms with Gasteiger partial charge in [0.1, 0.15) is 6.04 Å². The van der Waals surface area contributed by atoms with Crippen molar-refractivity contribution in [3.8, 4) is 5.75 Å². The number of rotatable bonds is 12. The maximum atomic E-state index is 12.7. The summed E-state index contributed by atoms with van der Waals surface area (Å²) in [6.07, 6.45) is 0.300. The van der Waals surface area contributed by atoms with Gasteiger partial charge in [0.2, 0.25) is 17.7 Å². The number of nitrogens with one attached hydrogen (secondary N) is 4. The molecule has 0 saturated heterocycles. The predicted molar refractivity (Wildman–Crippen MR) is 125 cm³/mol. The van der Waals surface area contributed by atoms with Crippen LogP contribution in [0.15, 0.2) is 54.6 Å². The molecule has 1 radical (unpaired) electrons. The van der Waals surface area contributed by atoms with Crippen molar-refractivity contribution in [3.63, 3.8) is 0 Å². The van der Waals surface area contributed by atoms with Crippen LogP contribution in [-0.2, 0) is 65.8 Å². The second kappa shape index (κ2) is 16.7. The van der Waals surface area contributed by atoms with Crippen LogP contribution in [0.5, 0.6) is 5.75 Å². The monoisotopic (exact) mass is 687 g/mol. The number of hydrogen-bond acceptors (Lipinski definition) is 8. The summed E-state index contributed by atoms with van der Waals surface area (Å²) in [5.74, 6) is -3.24. The van der Waals surface area contributed by atoms with E-state index in [4.69, 9.17) is 23.8 Å². The fourth-order valence-electron chi connectivity index (χ4n) is 3.03. The molecule has 0 aliphatic rings. The van der Waals surface area contributed by atoms with Crippen LogP contribution in [0.2, 0.25) is 0 Å². The molecule has 0 spiro atoms. The van der Waals surface area contributed by atoms with Crippen molar-refractivity contribution in [2.45, 2.75) is 31.0 Å². The summed E-state index contributed by atoms with van der Waals surface area (Å²) in [6.45, 7) is -0.424. The van der Waals surface area contributed by atoms with Crippen LogP contribution < -0.4 is 31.9 Å².